The van der Waals surface area contributed by atoms with Gasteiger partial charge in [0.1, 0.15) is 9.88 Å². The first-order chi connectivity index (χ1) is 11.0. The summed E-state index contributed by atoms with van der Waals surface area (Å²) in [6, 6.07) is 8.36. The van der Waals surface area contributed by atoms with Gasteiger partial charge in [0.05, 0.1) is 5.69 Å². The van der Waals surface area contributed by atoms with Gasteiger partial charge < -0.3 is 10.4 Å². The molecule has 1 atom stereocenters. The van der Waals surface area contributed by atoms with Gasteiger partial charge >= 0.3 is 0 Å². The predicted octanol–water partition coefficient (Wildman–Crippen LogP) is 3.57. The van der Waals surface area contributed by atoms with Gasteiger partial charge in [-0.3, -0.25) is 4.79 Å². The largest absolute Gasteiger partial charge is 0.396 e. The number of aliphatic hydroxyl groups is 1. The number of thiazole rings is 1. The van der Waals surface area contributed by atoms with Crippen LogP contribution in [0.1, 0.15) is 47.6 Å². The highest BCUT2D eigenvalue weighted by molar-refractivity contribution is 7.17. The second-order valence-corrected chi connectivity index (χ2v) is 6.72. The molecular weight excluding hydrogens is 308 g/mol. The minimum atomic E-state index is -0.0816. The highest BCUT2D eigenvalue weighted by Gasteiger charge is 2.17. The summed E-state index contributed by atoms with van der Waals surface area (Å²) in [7, 11) is 0. The summed E-state index contributed by atoms with van der Waals surface area (Å²) in [5, 5.41) is 12.7. The van der Waals surface area contributed by atoms with Crippen molar-refractivity contribution >= 4 is 17.2 Å². The van der Waals surface area contributed by atoms with Crippen LogP contribution in [0.3, 0.4) is 0 Å². The van der Waals surface area contributed by atoms with Gasteiger partial charge in [0.25, 0.3) is 5.91 Å². The molecule has 4 nitrogen and oxygen atoms in total. The Hall–Kier alpha value is -1.72. The summed E-state index contributed by atoms with van der Waals surface area (Å²) in [6.07, 6.45) is 2.47. The summed E-state index contributed by atoms with van der Waals surface area (Å²) in [6.45, 7) is 6.10. The van der Waals surface area contributed by atoms with Gasteiger partial charge in [0.2, 0.25) is 0 Å². The van der Waals surface area contributed by atoms with Crippen LogP contribution >= 0.6 is 11.3 Å². The van der Waals surface area contributed by atoms with Gasteiger partial charge in [0.15, 0.2) is 0 Å². The molecule has 0 bridgehead atoms. The zero-order valence-electron chi connectivity index (χ0n) is 13.9. The second-order valence-electron chi connectivity index (χ2n) is 5.72. The van der Waals surface area contributed by atoms with Crippen LogP contribution < -0.4 is 5.32 Å². The SMILES string of the molecule is CCc1ccc(-c2nc(C)c(C(=O)NC(C)CCCO)s2)cc1. The predicted molar refractivity (Wildman–Crippen MR) is 94.9 cm³/mol. The zero-order valence-corrected chi connectivity index (χ0v) is 14.7. The molecule has 2 rings (SSSR count). The van der Waals surface area contributed by atoms with E-state index in [0.29, 0.717) is 11.3 Å². The van der Waals surface area contributed by atoms with Gasteiger partial charge in [-0.15, -0.1) is 11.3 Å². The van der Waals surface area contributed by atoms with Gasteiger partial charge in [-0.05, 0) is 38.7 Å². The summed E-state index contributed by atoms with van der Waals surface area (Å²) >= 11 is 1.43. The maximum Gasteiger partial charge on any atom is 0.263 e. The number of aliphatic hydroxyl groups excluding tert-OH is 1. The molecule has 0 spiro atoms. The number of nitrogens with zero attached hydrogens (tertiary/aromatic N) is 1. The van der Waals surface area contributed by atoms with E-state index in [1.165, 1.54) is 16.9 Å². The van der Waals surface area contributed by atoms with E-state index in [1.54, 1.807) is 0 Å². The molecule has 0 fully saturated rings. The van der Waals surface area contributed by atoms with Crippen LogP contribution in [0.15, 0.2) is 24.3 Å². The molecule has 23 heavy (non-hydrogen) atoms. The van der Waals surface area contributed by atoms with Crippen LogP contribution in [0.4, 0.5) is 0 Å². The van der Waals surface area contributed by atoms with Gasteiger partial charge in [-0.2, -0.15) is 0 Å². The number of aromatic nitrogens is 1. The van der Waals surface area contributed by atoms with Crippen LogP contribution in [0.25, 0.3) is 10.6 Å². The van der Waals surface area contributed by atoms with E-state index in [9.17, 15) is 4.79 Å². The Morgan fingerprint density at radius 1 is 1.35 bits per heavy atom. The van der Waals surface area contributed by atoms with Crippen LogP contribution in [-0.4, -0.2) is 28.6 Å². The topological polar surface area (TPSA) is 62.2 Å². The zero-order chi connectivity index (χ0) is 16.8. The first-order valence-electron chi connectivity index (χ1n) is 8.03. The minimum absolute atomic E-state index is 0.0448. The molecule has 1 amide bonds. The van der Waals surface area contributed by atoms with E-state index >= 15 is 0 Å². The molecule has 0 aliphatic rings. The molecule has 0 aliphatic heterocycles. The fourth-order valence-corrected chi connectivity index (χ4v) is 3.35. The third kappa shape index (κ3) is 4.62. The van der Waals surface area contributed by atoms with Crippen molar-refractivity contribution in [2.24, 2.45) is 0 Å². The smallest absolute Gasteiger partial charge is 0.263 e. The van der Waals surface area contributed by atoms with Crippen LogP contribution in [0.5, 0.6) is 0 Å². The Labute approximate surface area is 141 Å². The van der Waals surface area contributed by atoms with Crippen molar-refractivity contribution in [1.29, 1.82) is 0 Å². The van der Waals surface area contributed by atoms with Crippen molar-refractivity contribution in [3.63, 3.8) is 0 Å². The van der Waals surface area contributed by atoms with Crippen molar-refractivity contribution < 1.29 is 9.90 Å². The Bertz CT molecular complexity index is 650. The molecule has 1 aromatic carbocycles. The average Bonchev–Trinajstić information content (AvgIpc) is 2.95. The van der Waals surface area contributed by atoms with E-state index in [-0.39, 0.29) is 18.6 Å². The fraction of sp³-hybridized carbons (Fsp3) is 0.444. The Morgan fingerprint density at radius 2 is 2.04 bits per heavy atom. The minimum Gasteiger partial charge on any atom is -0.396 e. The Morgan fingerprint density at radius 3 is 2.65 bits per heavy atom. The lowest BCUT2D eigenvalue weighted by atomic mass is 10.1. The third-order valence-corrected chi connectivity index (χ3v) is 4.99. The maximum atomic E-state index is 12.4. The monoisotopic (exact) mass is 332 g/mol. The molecule has 2 N–H and O–H groups in total. The van der Waals surface area contributed by atoms with Crippen molar-refractivity contribution in [3.05, 3.63) is 40.4 Å². The van der Waals surface area contributed by atoms with Gasteiger partial charge in [-0.25, -0.2) is 4.98 Å². The first-order valence-corrected chi connectivity index (χ1v) is 8.85. The number of benzene rings is 1. The molecule has 5 heteroatoms. The molecule has 2 aromatic rings. The number of hydrogen-bond acceptors (Lipinski definition) is 4. The summed E-state index contributed by atoms with van der Waals surface area (Å²) in [5.74, 6) is -0.0816. The van der Waals surface area contributed by atoms with E-state index < -0.39 is 0 Å². The van der Waals surface area contributed by atoms with Crippen LogP contribution in [-0.2, 0) is 6.42 Å². The summed E-state index contributed by atoms with van der Waals surface area (Å²) in [4.78, 5) is 17.6. The quantitative estimate of drug-likeness (QED) is 0.815. The second kappa shape index (κ2) is 8.22. The molecule has 0 saturated heterocycles. The average molecular weight is 332 g/mol. The fourth-order valence-electron chi connectivity index (χ4n) is 2.37. The lowest BCUT2D eigenvalue weighted by molar-refractivity contribution is 0.0939. The van der Waals surface area contributed by atoms with Crippen molar-refractivity contribution in [2.45, 2.75) is 46.1 Å². The van der Waals surface area contributed by atoms with Crippen molar-refractivity contribution in [3.8, 4) is 10.6 Å². The Kier molecular flexibility index (Phi) is 6.30. The van der Waals surface area contributed by atoms with E-state index in [4.69, 9.17) is 5.11 Å². The molecule has 0 radical (unpaired) electrons. The van der Waals surface area contributed by atoms with Crippen molar-refractivity contribution in [1.82, 2.24) is 10.3 Å². The van der Waals surface area contributed by atoms with Gasteiger partial charge in [0, 0.05) is 18.2 Å². The molecule has 0 saturated carbocycles. The highest BCUT2D eigenvalue weighted by Crippen LogP contribution is 2.28. The lowest BCUT2D eigenvalue weighted by Crippen LogP contribution is -2.32. The molecule has 0 aliphatic carbocycles. The number of rotatable bonds is 7. The van der Waals surface area contributed by atoms with Crippen molar-refractivity contribution in [2.75, 3.05) is 6.61 Å². The molecular formula is C18H24N2O2S. The van der Waals surface area contributed by atoms with Crippen LogP contribution in [0.2, 0.25) is 0 Å². The maximum absolute atomic E-state index is 12.4. The number of hydrogen-bond donors (Lipinski definition) is 2. The first kappa shape index (κ1) is 17.6. The lowest BCUT2D eigenvalue weighted by Gasteiger charge is -2.12. The van der Waals surface area contributed by atoms with Gasteiger partial charge in [-0.1, -0.05) is 31.2 Å². The number of carbonyl (C=O) groups is 1. The summed E-state index contributed by atoms with van der Waals surface area (Å²) < 4.78 is 0. The van der Waals surface area contributed by atoms with E-state index in [2.05, 4.69) is 41.5 Å². The molecule has 1 heterocycles. The van der Waals surface area contributed by atoms with E-state index in [0.717, 1.165) is 29.1 Å². The number of aryl methyl sites for hydroxylation is 2. The Balaban J connectivity index is 2.12. The normalized spacial score (nSPS) is 12.2. The molecule has 1 aromatic heterocycles. The number of amides is 1. The standard InChI is InChI=1S/C18H24N2O2S/c1-4-14-7-9-15(10-8-14)18-20-13(3)16(23-18)17(22)19-12(2)6-5-11-21/h7-10,12,21H,4-6,11H2,1-3H3,(H,19,22). The highest BCUT2D eigenvalue weighted by atomic mass is 32.1. The molecule has 124 valence electrons. The third-order valence-electron chi connectivity index (χ3n) is 3.78. The summed E-state index contributed by atoms with van der Waals surface area (Å²) in [5.41, 5.74) is 3.09. The molecule has 1 unspecified atom stereocenters. The van der Waals surface area contributed by atoms with Crippen LogP contribution in [0, 0.1) is 6.92 Å². The number of nitrogens with one attached hydrogen (secondary N) is 1. The number of carbonyl (C=O) groups excluding carboxylic acids is 1. The van der Waals surface area contributed by atoms with E-state index in [1.807, 2.05) is 13.8 Å².